The molecule has 2 aromatic carbocycles. The standard InChI is InChI=1S/C33H41F3N4O4/c1-43-27-2-3-30-28(19-27)32(23(21-38-30)22-40-12-14-44-15-13-40)29(36)4-5-33(20-31(41)42)6-9-39(10-7-33)11-8-37-26-17-24(34)16-25(35)18-26/h2-3,16-19,21,29,37H,4-15,20,22H2,1H3,(H,41,42)/t29-/m0/s1. The SMILES string of the molecule is COc1ccc2ncc(CN3CCOCC3)c([C@@H](F)CCC3(CC(=O)O)CCN(CCNc4cc(F)cc(F)c4)CC3)c2c1. The van der Waals surface area contributed by atoms with E-state index in [1.165, 1.54) is 12.1 Å². The van der Waals surface area contributed by atoms with E-state index in [2.05, 4.69) is 20.1 Å². The van der Waals surface area contributed by atoms with Crippen LogP contribution in [0.1, 0.15) is 49.4 Å². The first-order chi connectivity index (χ1) is 21.2. The molecule has 238 valence electrons. The number of ether oxygens (including phenoxy) is 2. The van der Waals surface area contributed by atoms with Gasteiger partial charge in [-0.15, -0.1) is 0 Å². The van der Waals surface area contributed by atoms with Crippen LogP contribution in [0.25, 0.3) is 10.9 Å². The van der Waals surface area contributed by atoms with Crippen LogP contribution in [0.15, 0.2) is 42.6 Å². The van der Waals surface area contributed by atoms with Crippen LogP contribution in [0.2, 0.25) is 0 Å². The number of pyridine rings is 1. The Morgan fingerprint density at radius 2 is 1.82 bits per heavy atom. The van der Waals surface area contributed by atoms with Gasteiger partial charge in [0.15, 0.2) is 0 Å². The molecule has 0 bridgehead atoms. The molecule has 1 aromatic heterocycles. The third-order valence-corrected chi connectivity index (χ3v) is 9.00. The molecule has 1 atom stereocenters. The minimum atomic E-state index is -1.30. The molecular formula is C33H41F3N4O4. The number of fused-ring (bicyclic) bond motifs is 1. The number of hydrogen-bond acceptors (Lipinski definition) is 7. The average molecular weight is 615 g/mol. The highest BCUT2D eigenvalue weighted by Crippen LogP contribution is 2.43. The minimum absolute atomic E-state index is 0.0140. The molecule has 0 spiro atoms. The maximum atomic E-state index is 16.5. The highest BCUT2D eigenvalue weighted by molar-refractivity contribution is 5.85. The Morgan fingerprint density at radius 1 is 1.09 bits per heavy atom. The van der Waals surface area contributed by atoms with Gasteiger partial charge in [0, 0.05) is 61.6 Å². The number of hydrogen-bond donors (Lipinski definition) is 2. The molecule has 2 N–H and O–H groups in total. The minimum Gasteiger partial charge on any atom is -0.497 e. The number of nitrogens with one attached hydrogen (secondary N) is 1. The van der Waals surface area contributed by atoms with Gasteiger partial charge in [0.25, 0.3) is 0 Å². The first kappa shape index (κ1) is 32.0. The second-order valence-electron chi connectivity index (χ2n) is 12.0. The maximum Gasteiger partial charge on any atom is 0.303 e. The summed E-state index contributed by atoms with van der Waals surface area (Å²) in [6, 6.07) is 8.82. The normalized spacial score (nSPS) is 18.3. The highest BCUT2D eigenvalue weighted by atomic mass is 19.1. The Hall–Kier alpha value is -3.41. The van der Waals surface area contributed by atoms with Crippen molar-refractivity contribution >= 4 is 22.6 Å². The number of carboxylic acids is 1. The number of aromatic nitrogens is 1. The number of alkyl halides is 1. The quantitative estimate of drug-likeness (QED) is 0.249. The van der Waals surface area contributed by atoms with Crippen LogP contribution in [0.3, 0.4) is 0 Å². The topological polar surface area (TPSA) is 87.2 Å². The van der Waals surface area contributed by atoms with Crippen LogP contribution < -0.4 is 10.1 Å². The number of likely N-dealkylation sites (tertiary alicyclic amines) is 1. The van der Waals surface area contributed by atoms with Gasteiger partial charge in [0.1, 0.15) is 23.6 Å². The average Bonchev–Trinajstić information content (AvgIpc) is 3.00. The van der Waals surface area contributed by atoms with Gasteiger partial charge >= 0.3 is 5.97 Å². The lowest BCUT2D eigenvalue weighted by molar-refractivity contribution is -0.141. The van der Waals surface area contributed by atoms with Crippen molar-refractivity contribution in [2.24, 2.45) is 5.41 Å². The summed E-state index contributed by atoms with van der Waals surface area (Å²) in [4.78, 5) is 21.0. The van der Waals surface area contributed by atoms with Crippen molar-refractivity contribution in [3.05, 3.63) is 65.4 Å². The van der Waals surface area contributed by atoms with Crippen molar-refractivity contribution in [3.8, 4) is 5.75 Å². The number of methoxy groups -OCH3 is 1. The molecule has 2 saturated heterocycles. The molecule has 3 aromatic rings. The van der Waals surface area contributed by atoms with Gasteiger partial charge in [-0.2, -0.15) is 0 Å². The van der Waals surface area contributed by atoms with E-state index >= 15 is 4.39 Å². The highest BCUT2D eigenvalue weighted by Gasteiger charge is 2.37. The zero-order chi connectivity index (χ0) is 31.1. The number of piperidine rings is 1. The molecule has 0 aliphatic carbocycles. The smallest absolute Gasteiger partial charge is 0.303 e. The Balaban J connectivity index is 1.27. The summed E-state index contributed by atoms with van der Waals surface area (Å²) in [6.45, 7) is 5.83. The summed E-state index contributed by atoms with van der Waals surface area (Å²) in [5.41, 5.74) is 1.98. The summed E-state index contributed by atoms with van der Waals surface area (Å²) in [7, 11) is 1.58. The predicted molar refractivity (Wildman–Crippen MR) is 163 cm³/mol. The molecule has 5 rings (SSSR count). The van der Waals surface area contributed by atoms with Crippen molar-refractivity contribution in [2.75, 3.05) is 64.9 Å². The predicted octanol–water partition coefficient (Wildman–Crippen LogP) is 5.81. The van der Waals surface area contributed by atoms with Gasteiger partial charge in [-0.1, -0.05) is 0 Å². The Morgan fingerprint density at radius 3 is 2.50 bits per heavy atom. The van der Waals surface area contributed by atoms with Gasteiger partial charge in [-0.05, 0) is 80.1 Å². The molecular weight excluding hydrogens is 573 g/mol. The van der Waals surface area contributed by atoms with Gasteiger partial charge in [-0.25, -0.2) is 13.2 Å². The summed E-state index contributed by atoms with van der Waals surface area (Å²) < 4.78 is 54.4. The summed E-state index contributed by atoms with van der Waals surface area (Å²) in [5.74, 6) is -1.52. The van der Waals surface area contributed by atoms with Crippen LogP contribution in [0.4, 0.5) is 18.9 Å². The second kappa shape index (κ2) is 14.6. The number of aliphatic carboxylic acids is 1. The zero-order valence-corrected chi connectivity index (χ0v) is 25.2. The van der Waals surface area contributed by atoms with E-state index in [4.69, 9.17) is 9.47 Å². The second-order valence-corrected chi connectivity index (χ2v) is 12.0. The van der Waals surface area contributed by atoms with E-state index in [0.29, 0.717) is 87.7 Å². The van der Waals surface area contributed by atoms with Crippen LogP contribution in [0, 0.1) is 17.0 Å². The van der Waals surface area contributed by atoms with Gasteiger partial charge in [0.2, 0.25) is 0 Å². The van der Waals surface area contributed by atoms with Crippen LogP contribution in [-0.4, -0.2) is 85.5 Å². The summed E-state index contributed by atoms with van der Waals surface area (Å²) in [5, 5.41) is 13.6. The van der Waals surface area contributed by atoms with E-state index in [1.807, 2.05) is 18.2 Å². The number of anilines is 1. The fourth-order valence-corrected chi connectivity index (χ4v) is 6.53. The number of rotatable bonds is 13. The first-order valence-electron chi connectivity index (χ1n) is 15.3. The molecule has 3 heterocycles. The van der Waals surface area contributed by atoms with Crippen LogP contribution >= 0.6 is 0 Å². The molecule has 2 fully saturated rings. The third kappa shape index (κ3) is 8.19. The number of carboxylic acid groups (broad SMARTS) is 1. The van der Waals surface area contributed by atoms with Crippen LogP contribution in [0.5, 0.6) is 5.75 Å². The lowest BCUT2D eigenvalue weighted by Gasteiger charge is -2.41. The molecule has 0 radical (unpaired) electrons. The lowest BCUT2D eigenvalue weighted by Crippen LogP contribution is -2.43. The number of morpholine rings is 1. The molecule has 2 aliphatic rings. The summed E-state index contributed by atoms with van der Waals surface area (Å²) >= 11 is 0. The molecule has 8 nitrogen and oxygen atoms in total. The fraction of sp³-hybridized carbons (Fsp3) is 0.515. The van der Waals surface area contributed by atoms with Gasteiger partial charge < -0.3 is 24.8 Å². The lowest BCUT2D eigenvalue weighted by atomic mass is 9.71. The fourth-order valence-electron chi connectivity index (χ4n) is 6.53. The van der Waals surface area contributed by atoms with Gasteiger partial charge in [-0.3, -0.25) is 14.7 Å². The van der Waals surface area contributed by atoms with Gasteiger partial charge in [0.05, 0.1) is 32.3 Å². The van der Waals surface area contributed by atoms with E-state index in [1.54, 1.807) is 13.3 Å². The monoisotopic (exact) mass is 614 g/mol. The molecule has 0 amide bonds. The third-order valence-electron chi connectivity index (χ3n) is 9.00. The zero-order valence-electron chi connectivity index (χ0n) is 25.2. The van der Waals surface area contributed by atoms with Crippen molar-refractivity contribution in [2.45, 2.75) is 44.8 Å². The molecule has 44 heavy (non-hydrogen) atoms. The van der Waals surface area contributed by atoms with Crippen LogP contribution in [-0.2, 0) is 16.1 Å². The molecule has 0 saturated carbocycles. The van der Waals surface area contributed by atoms with E-state index in [-0.39, 0.29) is 12.8 Å². The Bertz CT molecular complexity index is 1410. The number of carbonyl (C=O) groups is 1. The summed E-state index contributed by atoms with van der Waals surface area (Å²) in [6.07, 6.45) is 2.36. The number of nitrogens with zero attached hydrogens (tertiary/aromatic N) is 3. The van der Waals surface area contributed by atoms with E-state index in [0.717, 1.165) is 30.1 Å². The van der Waals surface area contributed by atoms with E-state index in [9.17, 15) is 18.7 Å². The number of halogens is 3. The van der Waals surface area contributed by atoms with Crippen molar-refractivity contribution in [3.63, 3.8) is 0 Å². The molecule has 11 heteroatoms. The molecule has 0 unspecified atom stereocenters. The Kier molecular flexibility index (Phi) is 10.6. The largest absolute Gasteiger partial charge is 0.497 e. The Labute approximate surface area is 256 Å². The van der Waals surface area contributed by atoms with Crippen molar-refractivity contribution < 1.29 is 32.5 Å². The number of benzene rings is 2. The van der Waals surface area contributed by atoms with Crippen molar-refractivity contribution in [1.29, 1.82) is 0 Å². The van der Waals surface area contributed by atoms with Crippen molar-refractivity contribution in [1.82, 2.24) is 14.8 Å². The molecule has 2 aliphatic heterocycles. The first-order valence-corrected chi connectivity index (χ1v) is 15.3. The van der Waals surface area contributed by atoms with E-state index < -0.39 is 29.2 Å². The maximum absolute atomic E-state index is 16.5.